The highest BCUT2D eigenvalue weighted by Crippen LogP contribution is 2.20. The largest absolute Gasteiger partial charge is 0.334 e. The molecule has 2 atom stereocenters. The molecule has 0 aromatic heterocycles. The first kappa shape index (κ1) is 14.4. The van der Waals surface area contributed by atoms with Gasteiger partial charge in [-0.1, -0.05) is 41.9 Å². The lowest BCUT2D eigenvalue weighted by Crippen LogP contribution is -2.47. The van der Waals surface area contributed by atoms with Crippen molar-refractivity contribution in [2.24, 2.45) is 11.8 Å². The molecule has 3 nitrogen and oxygen atoms in total. The third-order valence-corrected chi connectivity index (χ3v) is 3.98. The fourth-order valence-corrected chi connectivity index (χ4v) is 3.21. The summed E-state index contributed by atoms with van der Waals surface area (Å²) in [5.41, 5.74) is 1.11. The monoisotopic (exact) mass is 324 g/mol. The van der Waals surface area contributed by atoms with Gasteiger partial charge in [0, 0.05) is 24.1 Å². The van der Waals surface area contributed by atoms with Crippen molar-refractivity contribution in [1.82, 2.24) is 10.2 Å². The molecule has 1 N–H and O–H groups in total. The van der Waals surface area contributed by atoms with Gasteiger partial charge in [0.25, 0.3) is 0 Å². The van der Waals surface area contributed by atoms with Crippen molar-refractivity contribution in [3.8, 4) is 0 Å². The fourth-order valence-electron chi connectivity index (χ4n) is 2.77. The van der Waals surface area contributed by atoms with Crippen molar-refractivity contribution < 1.29 is 4.79 Å². The Morgan fingerprint density at radius 1 is 1.37 bits per heavy atom. The molecule has 1 aromatic carbocycles. The van der Waals surface area contributed by atoms with E-state index in [1.165, 1.54) is 6.42 Å². The average Bonchev–Trinajstić information content (AvgIpc) is 2.35. The highest BCUT2D eigenvalue weighted by atomic mass is 79.9. The van der Waals surface area contributed by atoms with E-state index in [-0.39, 0.29) is 6.03 Å². The number of likely N-dealkylation sites (tertiary alicyclic amines) is 1. The molecule has 0 aliphatic carbocycles. The lowest BCUT2D eigenvalue weighted by Gasteiger charge is -2.34. The number of rotatable bonds is 2. The maximum absolute atomic E-state index is 12.2. The van der Waals surface area contributed by atoms with Crippen LogP contribution in [-0.4, -0.2) is 24.0 Å². The van der Waals surface area contributed by atoms with E-state index >= 15 is 0 Å². The number of carbonyl (C=O) groups excluding carboxylic acids is 1. The van der Waals surface area contributed by atoms with E-state index in [2.05, 4.69) is 35.1 Å². The van der Waals surface area contributed by atoms with Crippen LogP contribution in [-0.2, 0) is 6.54 Å². The first-order chi connectivity index (χ1) is 9.04. The molecule has 2 amide bonds. The Morgan fingerprint density at radius 2 is 2.05 bits per heavy atom. The zero-order valence-corrected chi connectivity index (χ0v) is 13.1. The third-order valence-electron chi connectivity index (χ3n) is 3.49. The van der Waals surface area contributed by atoms with Crippen LogP contribution in [0.15, 0.2) is 28.7 Å². The summed E-state index contributed by atoms with van der Waals surface area (Å²) in [5, 5.41) is 3.00. The van der Waals surface area contributed by atoms with Crippen LogP contribution >= 0.6 is 15.9 Å². The second-order valence-electron chi connectivity index (χ2n) is 5.64. The zero-order chi connectivity index (χ0) is 13.8. The smallest absolute Gasteiger partial charge is 0.317 e. The molecule has 0 saturated carbocycles. The molecule has 19 heavy (non-hydrogen) atoms. The van der Waals surface area contributed by atoms with Crippen molar-refractivity contribution in [2.75, 3.05) is 13.1 Å². The van der Waals surface area contributed by atoms with Gasteiger partial charge in [0.1, 0.15) is 0 Å². The summed E-state index contributed by atoms with van der Waals surface area (Å²) < 4.78 is 1.04. The molecular weight excluding hydrogens is 304 g/mol. The summed E-state index contributed by atoms with van der Waals surface area (Å²) in [6.07, 6.45) is 1.22. The predicted octanol–water partition coefficient (Wildman–Crippen LogP) is 3.64. The van der Waals surface area contributed by atoms with Crippen LogP contribution in [0, 0.1) is 11.8 Å². The van der Waals surface area contributed by atoms with Gasteiger partial charge in [-0.25, -0.2) is 4.79 Å². The molecule has 1 fully saturated rings. The van der Waals surface area contributed by atoms with E-state index in [0.29, 0.717) is 18.4 Å². The van der Waals surface area contributed by atoms with E-state index < -0.39 is 0 Å². The molecule has 1 aromatic rings. The number of nitrogens with zero attached hydrogens (tertiary/aromatic N) is 1. The number of carbonyl (C=O) groups is 1. The van der Waals surface area contributed by atoms with Crippen LogP contribution in [0.5, 0.6) is 0 Å². The molecule has 0 bridgehead atoms. The molecule has 1 saturated heterocycles. The quantitative estimate of drug-likeness (QED) is 0.885. The SMILES string of the molecule is CC1CC(C)CN(C(=O)NCc2cccc(Br)c2)C1. The topological polar surface area (TPSA) is 32.3 Å². The molecular formula is C15H21BrN2O. The van der Waals surface area contributed by atoms with Gasteiger partial charge in [0.15, 0.2) is 0 Å². The minimum absolute atomic E-state index is 0.0541. The highest BCUT2D eigenvalue weighted by Gasteiger charge is 2.24. The number of nitrogens with one attached hydrogen (secondary N) is 1. The van der Waals surface area contributed by atoms with Gasteiger partial charge in [0.2, 0.25) is 0 Å². The normalized spacial score (nSPS) is 23.2. The van der Waals surface area contributed by atoms with Crippen molar-refractivity contribution in [1.29, 1.82) is 0 Å². The first-order valence-electron chi connectivity index (χ1n) is 6.82. The number of amides is 2. The standard InChI is InChI=1S/C15H21BrN2O/c1-11-6-12(2)10-18(9-11)15(19)17-8-13-4-3-5-14(16)7-13/h3-5,7,11-12H,6,8-10H2,1-2H3,(H,17,19). The third kappa shape index (κ3) is 4.23. The van der Waals surface area contributed by atoms with Gasteiger partial charge in [-0.2, -0.15) is 0 Å². The summed E-state index contributed by atoms with van der Waals surface area (Å²) in [6, 6.07) is 8.07. The van der Waals surface area contributed by atoms with Crippen LogP contribution in [0.25, 0.3) is 0 Å². The number of halogens is 1. The molecule has 2 unspecified atom stereocenters. The van der Waals surface area contributed by atoms with Crippen LogP contribution in [0.2, 0.25) is 0 Å². The Bertz CT molecular complexity index is 440. The van der Waals surface area contributed by atoms with Crippen molar-refractivity contribution in [3.63, 3.8) is 0 Å². The molecule has 1 aliphatic rings. The number of benzene rings is 1. The fraction of sp³-hybridized carbons (Fsp3) is 0.533. The Balaban J connectivity index is 1.87. The summed E-state index contributed by atoms with van der Waals surface area (Å²) in [5.74, 6) is 1.20. The van der Waals surface area contributed by atoms with Crippen molar-refractivity contribution >= 4 is 22.0 Å². The minimum atomic E-state index is 0.0541. The average molecular weight is 325 g/mol. The summed E-state index contributed by atoms with van der Waals surface area (Å²) in [6.45, 7) is 6.75. The highest BCUT2D eigenvalue weighted by molar-refractivity contribution is 9.10. The van der Waals surface area contributed by atoms with Gasteiger partial charge in [-0.3, -0.25) is 0 Å². The predicted molar refractivity (Wildman–Crippen MR) is 80.9 cm³/mol. The van der Waals surface area contributed by atoms with Gasteiger partial charge >= 0.3 is 6.03 Å². The number of hydrogen-bond acceptors (Lipinski definition) is 1. The van der Waals surface area contributed by atoms with E-state index in [1.807, 2.05) is 29.2 Å². The molecule has 2 rings (SSSR count). The minimum Gasteiger partial charge on any atom is -0.334 e. The molecule has 0 spiro atoms. The van der Waals surface area contributed by atoms with Crippen LogP contribution in [0.3, 0.4) is 0 Å². The number of piperidine rings is 1. The second kappa shape index (κ2) is 6.42. The Kier molecular flexibility index (Phi) is 4.86. The lowest BCUT2D eigenvalue weighted by atomic mass is 9.92. The lowest BCUT2D eigenvalue weighted by molar-refractivity contribution is 0.146. The van der Waals surface area contributed by atoms with E-state index in [1.54, 1.807) is 0 Å². The van der Waals surface area contributed by atoms with Gasteiger partial charge in [-0.15, -0.1) is 0 Å². The summed E-state index contributed by atoms with van der Waals surface area (Å²) >= 11 is 3.44. The van der Waals surface area contributed by atoms with Gasteiger partial charge < -0.3 is 10.2 Å². The van der Waals surface area contributed by atoms with Gasteiger partial charge in [-0.05, 0) is 36.0 Å². The Labute approximate surface area is 123 Å². The van der Waals surface area contributed by atoms with E-state index in [4.69, 9.17) is 0 Å². The summed E-state index contributed by atoms with van der Waals surface area (Å²) in [4.78, 5) is 14.1. The summed E-state index contributed by atoms with van der Waals surface area (Å²) in [7, 11) is 0. The molecule has 104 valence electrons. The van der Waals surface area contributed by atoms with Crippen LogP contribution in [0.1, 0.15) is 25.8 Å². The van der Waals surface area contributed by atoms with Crippen LogP contribution in [0.4, 0.5) is 4.79 Å². The molecule has 4 heteroatoms. The second-order valence-corrected chi connectivity index (χ2v) is 6.56. The number of urea groups is 1. The first-order valence-corrected chi connectivity index (χ1v) is 7.61. The molecule has 1 aliphatic heterocycles. The van der Waals surface area contributed by atoms with E-state index in [9.17, 15) is 4.79 Å². The van der Waals surface area contributed by atoms with Crippen molar-refractivity contribution in [2.45, 2.75) is 26.8 Å². The maximum Gasteiger partial charge on any atom is 0.317 e. The Morgan fingerprint density at radius 3 is 2.68 bits per heavy atom. The van der Waals surface area contributed by atoms with Crippen molar-refractivity contribution in [3.05, 3.63) is 34.3 Å². The maximum atomic E-state index is 12.2. The Hall–Kier alpha value is -1.03. The zero-order valence-electron chi connectivity index (χ0n) is 11.5. The number of hydrogen-bond donors (Lipinski definition) is 1. The molecule has 1 heterocycles. The van der Waals surface area contributed by atoms with Gasteiger partial charge in [0.05, 0.1) is 0 Å². The van der Waals surface area contributed by atoms with Crippen LogP contribution < -0.4 is 5.32 Å². The molecule has 0 radical (unpaired) electrons. The van der Waals surface area contributed by atoms with E-state index in [0.717, 1.165) is 23.1 Å².